The van der Waals surface area contributed by atoms with Crippen molar-refractivity contribution in [3.05, 3.63) is 27.8 Å². The fourth-order valence-electron chi connectivity index (χ4n) is 2.76. The molecule has 0 spiro atoms. The summed E-state index contributed by atoms with van der Waals surface area (Å²) in [6, 6.07) is 2.58. The first kappa shape index (κ1) is 21.9. The molecule has 2 rings (SSSR count). The molecule has 1 amide bonds. The third-order valence-corrected chi connectivity index (χ3v) is 4.16. The number of hydrogen-bond acceptors (Lipinski definition) is 7. The van der Waals surface area contributed by atoms with Crippen LogP contribution in [-0.2, 0) is 4.74 Å². The number of benzene rings is 1. The summed E-state index contributed by atoms with van der Waals surface area (Å²) >= 11 is 0. The quantitative estimate of drug-likeness (QED) is 0.406. The molecule has 1 unspecified atom stereocenters. The number of ether oxygens (including phenoxy) is 3. The number of likely N-dealkylation sites (tertiary alicyclic amines) is 1. The lowest BCUT2D eigenvalue weighted by Gasteiger charge is -2.18. The number of nitro benzene ring substituents is 1. The number of carbonyl (C=O) groups is 1. The predicted molar refractivity (Wildman–Crippen MR) is 97.3 cm³/mol. The van der Waals surface area contributed by atoms with Crippen LogP contribution >= 0.6 is 12.4 Å². The molecular weight excluding hydrogens is 366 g/mol. The third kappa shape index (κ3) is 4.96. The molecule has 2 N–H and O–H groups in total. The predicted octanol–water partition coefficient (Wildman–Crippen LogP) is 1.47. The minimum absolute atomic E-state index is 0. The van der Waals surface area contributed by atoms with Crippen molar-refractivity contribution in [2.45, 2.75) is 6.42 Å². The molecule has 26 heavy (non-hydrogen) atoms. The Morgan fingerprint density at radius 2 is 2.08 bits per heavy atom. The number of amides is 1. The van der Waals surface area contributed by atoms with Gasteiger partial charge in [0.15, 0.2) is 11.5 Å². The Bertz CT molecular complexity index is 643. The van der Waals surface area contributed by atoms with Gasteiger partial charge in [0.05, 0.1) is 24.7 Å². The SMILES string of the molecule is COCCOc1cc([N+](=O)[O-])c(C(=O)N2CCC(CN)C2)cc1OC.Cl. The molecule has 1 atom stereocenters. The fraction of sp³-hybridized carbons (Fsp3) is 0.562. The van der Waals surface area contributed by atoms with Gasteiger partial charge in [-0.3, -0.25) is 14.9 Å². The molecule has 1 heterocycles. The minimum Gasteiger partial charge on any atom is -0.493 e. The number of nitro groups is 1. The Kier molecular flexibility index (Phi) is 8.56. The lowest BCUT2D eigenvalue weighted by molar-refractivity contribution is -0.385. The van der Waals surface area contributed by atoms with Gasteiger partial charge < -0.3 is 24.8 Å². The number of methoxy groups -OCH3 is 2. The van der Waals surface area contributed by atoms with Crippen LogP contribution in [0.1, 0.15) is 16.8 Å². The van der Waals surface area contributed by atoms with Crippen molar-refractivity contribution in [2.24, 2.45) is 11.7 Å². The van der Waals surface area contributed by atoms with Crippen molar-refractivity contribution < 1.29 is 23.9 Å². The molecule has 1 fully saturated rings. The Balaban J connectivity index is 0.00000338. The first-order valence-corrected chi connectivity index (χ1v) is 7.99. The number of hydrogen-bond donors (Lipinski definition) is 1. The van der Waals surface area contributed by atoms with E-state index < -0.39 is 10.8 Å². The first-order valence-electron chi connectivity index (χ1n) is 7.99. The monoisotopic (exact) mass is 389 g/mol. The van der Waals surface area contributed by atoms with E-state index in [0.717, 1.165) is 6.42 Å². The average molecular weight is 390 g/mol. The van der Waals surface area contributed by atoms with Crippen LogP contribution in [0.3, 0.4) is 0 Å². The molecule has 10 heteroatoms. The van der Waals surface area contributed by atoms with Crippen LogP contribution in [-0.4, -0.2) is 62.8 Å². The maximum Gasteiger partial charge on any atom is 0.286 e. The Hall–Kier alpha value is -2.10. The van der Waals surface area contributed by atoms with Gasteiger partial charge in [0, 0.05) is 26.3 Å². The number of carbonyl (C=O) groups excluding carboxylic acids is 1. The van der Waals surface area contributed by atoms with Gasteiger partial charge in [0.25, 0.3) is 11.6 Å². The van der Waals surface area contributed by atoms with E-state index in [4.69, 9.17) is 19.9 Å². The molecule has 0 aliphatic carbocycles. The molecule has 9 nitrogen and oxygen atoms in total. The molecule has 1 aliphatic rings. The second-order valence-corrected chi connectivity index (χ2v) is 5.76. The lowest BCUT2D eigenvalue weighted by Crippen LogP contribution is -2.30. The molecular formula is C16H24ClN3O6. The summed E-state index contributed by atoms with van der Waals surface area (Å²) in [6.07, 6.45) is 0.797. The van der Waals surface area contributed by atoms with Gasteiger partial charge in [-0.25, -0.2) is 0 Å². The van der Waals surface area contributed by atoms with Crippen LogP contribution in [0.15, 0.2) is 12.1 Å². The second kappa shape index (κ2) is 10.1. The van der Waals surface area contributed by atoms with Crippen LogP contribution in [0, 0.1) is 16.0 Å². The van der Waals surface area contributed by atoms with E-state index in [1.807, 2.05) is 0 Å². The highest BCUT2D eigenvalue weighted by Gasteiger charge is 2.32. The minimum atomic E-state index is -0.591. The molecule has 0 saturated carbocycles. The molecule has 146 valence electrons. The summed E-state index contributed by atoms with van der Waals surface area (Å²) in [4.78, 5) is 25.2. The largest absolute Gasteiger partial charge is 0.493 e. The summed E-state index contributed by atoms with van der Waals surface area (Å²) in [7, 11) is 2.94. The highest BCUT2D eigenvalue weighted by atomic mass is 35.5. The summed E-state index contributed by atoms with van der Waals surface area (Å²) in [5.74, 6) is 0.287. The molecule has 1 aliphatic heterocycles. The Morgan fingerprint density at radius 3 is 2.62 bits per heavy atom. The van der Waals surface area contributed by atoms with Crippen molar-refractivity contribution in [3.8, 4) is 11.5 Å². The summed E-state index contributed by atoms with van der Waals surface area (Å²) in [5.41, 5.74) is 5.32. The summed E-state index contributed by atoms with van der Waals surface area (Å²) in [6.45, 7) is 2.06. The van der Waals surface area contributed by atoms with E-state index in [1.165, 1.54) is 26.4 Å². The Morgan fingerprint density at radius 1 is 1.35 bits per heavy atom. The molecule has 1 aromatic carbocycles. The molecule has 0 radical (unpaired) electrons. The summed E-state index contributed by atoms with van der Waals surface area (Å²) in [5, 5.41) is 11.4. The van der Waals surface area contributed by atoms with Gasteiger partial charge in [-0.15, -0.1) is 12.4 Å². The number of halogens is 1. The number of nitrogens with zero attached hydrogens (tertiary/aromatic N) is 2. The van der Waals surface area contributed by atoms with Crippen LogP contribution in [0.25, 0.3) is 0 Å². The normalized spacial score (nSPS) is 16.1. The van der Waals surface area contributed by atoms with Crippen molar-refractivity contribution in [2.75, 3.05) is 47.1 Å². The van der Waals surface area contributed by atoms with Crippen LogP contribution in [0.4, 0.5) is 5.69 Å². The van der Waals surface area contributed by atoms with E-state index >= 15 is 0 Å². The fourth-order valence-corrected chi connectivity index (χ4v) is 2.76. The van der Waals surface area contributed by atoms with E-state index in [-0.39, 0.29) is 47.7 Å². The van der Waals surface area contributed by atoms with Crippen LogP contribution in [0.5, 0.6) is 11.5 Å². The van der Waals surface area contributed by atoms with Gasteiger partial charge in [-0.05, 0) is 18.9 Å². The maximum absolute atomic E-state index is 12.7. The molecule has 0 aromatic heterocycles. The van der Waals surface area contributed by atoms with Crippen molar-refractivity contribution in [1.82, 2.24) is 4.90 Å². The zero-order chi connectivity index (χ0) is 18.4. The third-order valence-electron chi connectivity index (χ3n) is 4.16. The lowest BCUT2D eigenvalue weighted by atomic mass is 10.1. The van der Waals surface area contributed by atoms with Crippen molar-refractivity contribution in [1.29, 1.82) is 0 Å². The van der Waals surface area contributed by atoms with Gasteiger partial charge in [0.2, 0.25) is 0 Å². The van der Waals surface area contributed by atoms with E-state index in [2.05, 4.69) is 0 Å². The van der Waals surface area contributed by atoms with Gasteiger partial charge in [-0.2, -0.15) is 0 Å². The van der Waals surface area contributed by atoms with Gasteiger partial charge in [-0.1, -0.05) is 0 Å². The van der Waals surface area contributed by atoms with Crippen molar-refractivity contribution in [3.63, 3.8) is 0 Å². The molecule has 1 aromatic rings. The van der Waals surface area contributed by atoms with Crippen molar-refractivity contribution >= 4 is 24.0 Å². The van der Waals surface area contributed by atoms with Crippen LogP contribution in [0.2, 0.25) is 0 Å². The molecule has 1 saturated heterocycles. The van der Waals surface area contributed by atoms with E-state index in [1.54, 1.807) is 4.90 Å². The Labute approximate surface area is 157 Å². The van der Waals surface area contributed by atoms with Gasteiger partial charge >= 0.3 is 0 Å². The topological polar surface area (TPSA) is 117 Å². The summed E-state index contributed by atoms with van der Waals surface area (Å²) < 4.78 is 15.6. The highest BCUT2D eigenvalue weighted by Crippen LogP contribution is 2.36. The van der Waals surface area contributed by atoms with Gasteiger partial charge in [0.1, 0.15) is 12.2 Å². The molecule has 0 bridgehead atoms. The zero-order valence-corrected chi connectivity index (χ0v) is 15.6. The maximum atomic E-state index is 12.7. The number of rotatable bonds is 8. The average Bonchev–Trinajstić information content (AvgIpc) is 3.10. The zero-order valence-electron chi connectivity index (χ0n) is 14.8. The van der Waals surface area contributed by atoms with E-state index in [0.29, 0.717) is 26.2 Å². The first-order chi connectivity index (χ1) is 12.0. The highest BCUT2D eigenvalue weighted by molar-refractivity contribution is 5.99. The standard InChI is InChI=1S/C16H23N3O6.ClH/c1-23-5-6-25-15-8-13(19(21)22)12(7-14(15)24-2)16(20)18-4-3-11(9-17)10-18;/h7-8,11H,3-6,9-10,17H2,1-2H3;1H. The smallest absolute Gasteiger partial charge is 0.286 e. The van der Waals surface area contributed by atoms with Crippen LogP contribution < -0.4 is 15.2 Å². The number of nitrogens with two attached hydrogens (primary N) is 1. The second-order valence-electron chi connectivity index (χ2n) is 5.76. The van der Waals surface area contributed by atoms with E-state index in [9.17, 15) is 14.9 Å².